The number of alkyl carbamates (subject to hydrolysis) is 1. The van der Waals surface area contributed by atoms with Crippen LogP contribution in [0.15, 0.2) is 17.1 Å². The van der Waals surface area contributed by atoms with Crippen molar-refractivity contribution in [1.29, 1.82) is 0 Å². The largest absolute Gasteiger partial charge is 0.458 e. The molecule has 0 aliphatic rings. The molecule has 7 nitrogen and oxygen atoms in total. The average molecular weight is 389 g/mol. The van der Waals surface area contributed by atoms with E-state index >= 15 is 0 Å². The first-order valence-electron chi connectivity index (χ1n) is 8.88. The summed E-state index contributed by atoms with van der Waals surface area (Å²) in [5.74, 6) is -0.504. The number of hydrogen-bond acceptors (Lipinski definition) is 6. The molecule has 0 fully saturated rings. The topological polar surface area (TPSA) is 94.1 Å². The van der Waals surface area contributed by atoms with Gasteiger partial charge in [0.15, 0.2) is 6.10 Å². The molecule has 0 saturated heterocycles. The van der Waals surface area contributed by atoms with Gasteiger partial charge in [-0.15, -0.1) is 11.6 Å². The van der Waals surface area contributed by atoms with Crippen LogP contribution in [0.4, 0.5) is 4.79 Å². The van der Waals surface area contributed by atoms with Crippen molar-refractivity contribution in [3.8, 4) is 0 Å². The molecular formula is C18H29ClN2O5. The minimum atomic E-state index is -0.691. The molecule has 1 atom stereocenters. The van der Waals surface area contributed by atoms with E-state index < -0.39 is 18.2 Å². The fraction of sp³-hybridized carbons (Fsp3) is 0.722. The number of alkyl halides is 1. The lowest BCUT2D eigenvalue weighted by Crippen LogP contribution is -2.33. The first kappa shape index (κ1) is 24.1. The second-order valence-electron chi connectivity index (χ2n) is 5.94. The summed E-state index contributed by atoms with van der Waals surface area (Å²) in [6.07, 6.45) is 7.46. The van der Waals surface area contributed by atoms with Crippen molar-refractivity contribution in [3.63, 3.8) is 0 Å². The lowest BCUT2D eigenvalue weighted by atomic mass is 10.1. The number of carbonyl (C=O) groups excluding carboxylic acids is 3. The Morgan fingerprint density at radius 1 is 1.15 bits per heavy atom. The number of aliphatic imine (C=N–C) groups is 1. The fourth-order valence-electron chi connectivity index (χ4n) is 2.03. The van der Waals surface area contributed by atoms with Crippen molar-refractivity contribution in [2.24, 2.45) is 4.99 Å². The molecule has 0 rings (SSSR count). The lowest BCUT2D eigenvalue weighted by molar-refractivity contribution is -0.141. The molecule has 8 heteroatoms. The normalized spacial score (nSPS) is 11.2. The van der Waals surface area contributed by atoms with E-state index in [4.69, 9.17) is 21.1 Å². The number of carbonyl (C=O) groups is 2. The van der Waals surface area contributed by atoms with Crippen LogP contribution in [0.25, 0.3) is 0 Å². The maximum atomic E-state index is 11.7. The minimum absolute atomic E-state index is 0.0368. The van der Waals surface area contributed by atoms with Crippen molar-refractivity contribution >= 4 is 29.7 Å². The molecule has 1 N–H and O–H groups in total. The van der Waals surface area contributed by atoms with Gasteiger partial charge in [-0.1, -0.05) is 38.7 Å². The number of esters is 1. The zero-order valence-electron chi connectivity index (χ0n) is 15.4. The van der Waals surface area contributed by atoms with E-state index in [0.29, 0.717) is 13.1 Å². The van der Waals surface area contributed by atoms with E-state index in [0.717, 1.165) is 44.9 Å². The molecule has 0 saturated carbocycles. The van der Waals surface area contributed by atoms with Crippen molar-refractivity contribution < 1.29 is 23.9 Å². The number of hydrogen-bond donors (Lipinski definition) is 1. The lowest BCUT2D eigenvalue weighted by Gasteiger charge is -2.16. The smallest absolute Gasteiger partial charge is 0.407 e. The Kier molecular flexibility index (Phi) is 15.4. The number of amides is 1. The van der Waals surface area contributed by atoms with Gasteiger partial charge in [-0.05, 0) is 19.8 Å². The van der Waals surface area contributed by atoms with Crippen LogP contribution >= 0.6 is 11.6 Å². The first-order chi connectivity index (χ1) is 12.5. The van der Waals surface area contributed by atoms with E-state index in [-0.39, 0.29) is 18.1 Å². The molecule has 0 aromatic carbocycles. The predicted octanol–water partition coefficient (Wildman–Crippen LogP) is 3.51. The van der Waals surface area contributed by atoms with Gasteiger partial charge in [0.25, 0.3) is 0 Å². The van der Waals surface area contributed by atoms with E-state index in [1.54, 1.807) is 0 Å². The highest BCUT2D eigenvalue weighted by molar-refractivity contribution is 6.18. The molecule has 148 valence electrons. The molecule has 0 radical (unpaired) electrons. The Bertz CT molecular complexity index is 478. The van der Waals surface area contributed by atoms with Gasteiger partial charge >= 0.3 is 12.1 Å². The summed E-state index contributed by atoms with van der Waals surface area (Å²) in [5.41, 5.74) is 0.275. The molecule has 0 aromatic heterocycles. The van der Waals surface area contributed by atoms with Gasteiger partial charge in [0.1, 0.15) is 6.61 Å². The summed E-state index contributed by atoms with van der Waals surface area (Å²) in [5, 5.41) is 2.66. The number of rotatable bonds is 15. The van der Waals surface area contributed by atoms with E-state index in [1.807, 2.05) is 0 Å². The molecule has 1 unspecified atom stereocenters. The Morgan fingerprint density at radius 3 is 2.35 bits per heavy atom. The van der Waals surface area contributed by atoms with Crippen LogP contribution in [0.3, 0.4) is 0 Å². The van der Waals surface area contributed by atoms with Gasteiger partial charge < -0.3 is 14.8 Å². The van der Waals surface area contributed by atoms with Gasteiger partial charge in [0, 0.05) is 12.1 Å². The maximum absolute atomic E-state index is 11.7. The summed E-state index contributed by atoms with van der Waals surface area (Å²) >= 11 is 5.70. The summed E-state index contributed by atoms with van der Waals surface area (Å²) in [6.45, 7) is 5.99. The van der Waals surface area contributed by atoms with Crippen LogP contribution in [0.5, 0.6) is 0 Å². The molecule has 0 bridgehead atoms. The molecule has 26 heavy (non-hydrogen) atoms. The summed E-state index contributed by atoms with van der Waals surface area (Å²) < 4.78 is 10.0. The number of halogens is 1. The summed E-state index contributed by atoms with van der Waals surface area (Å²) in [4.78, 5) is 36.4. The third-order valence-electron chi connectivity index (χ3n) is 3.48. The van der Waals surface area contributed by atoms with E-state index in [1.165, 1.54) is 13.0 Å². The van der Waals surface area contributed by atoms with Crippen LogP contribution in [0.2, 0.25) is 0 Å². The highest BCUT2D eigenvalue weighted by Crippen LogP contribution is 2.07. The number of ether oxygens (including phenoxy) is 2. The quantitative estimate of drug-likeness (QED) is 0.116. The SMILES string of the molecule is C=C(C)C(=O)OCC(CCl)OC(=O)NCCCCCCCCCN=C=O. The molecule has 0 aromatic rings. The van der Waals surface area contributed by atoms with Crippen molar-refractivity contribution in [1.82, 2.24) is 5.32 Å². The minimum Gasteiger partial charge on any atom is -0.458 e. The Labute approximate surface area is 160 Å². The zero-order chi connectivity index (χ0) is 19.6. The van der Waals surface area contributed by atoms with Crippen molar-refractivity contribution in [3.05, 3.63) is 12.2 Å². The monoisotopic (exact) mass is 388 g/mol. The molecular weight excluding hydrogens is 360 g/mol. The van der Waals surface area contributed by atoms with Gasteiger partial charge in [-0.2, -0.15) is 0 Å². The van der Waals surface area contributed by atoms with Gasteiger partial charge in [-0.3, -0.25) is 0 Å². The molecule has 0 spiro atoms. The summed E-state index contributed by atoms with van der Waals surface area (Å²) in [6, 6.07) is 0. The Balaban J connectivity index is 3.61. The van der Waals surface area contributed by atoms with E-state index in [2.05, 4.69) is 16.9 Å². The Hall–Kier alpha value is -1.85. The van der Waals surface area contributed by atoms with Crippen LogP contribution < -0.4 is 5.32 Å². The third-order valence-corrected chi connectivity index (χ3v) is 3.82. The van der Waals surface area contributed by atoms with E-state index in [9.17, 15) is 14.4 Å². The Morgan fingerprint density at radius 2 is 1.77 bits per heavy atom. The molecule has 0 heterocycles. The number of nitrogens with zero attached hydrogens (tertiary/aromatic N) is 1. The third kappa shape index (κ3) is 14.5. The van der Waals surface area contributed by atoms with Gasteiger partial charge in [-0.25, -0.2) is 19.4 Å². The molecule has 1 amide bonds. The first-order valence-corrected chi connectivity index (χ1v) is 9.41. The standard InChI is InChI=1S/C18H29ClN2O5/c1-15(2)17(23)25-13-16(12-19)26-18(24)21-11-9-7-5-3-4-6-8-10-20-14-22/h16H,1,3-13H2,2H3,(H,21,24). The second-order valence-corrected chi connectivity index (χ2v) is 6.24. The number of nitrogens with one attached hydrogen (secondary N) is 1. The number of isocyanates is 1. The van der Waals surface area contributed by atoms with Crippen molar-refractivity contribution in [2.75, 3.05) is 25.6 Å². The fourth-order valence-corrected chi connectivity index (χ4v) is 2.18. The molecule has 0 aliphatic carbocycles. The predicted molar refractivity (Wildman–Crippen MR) is 100 cm³/mol. The maximum Gasteiger partial charge on any atom is 0.407 e. The van der Waals surface area contributed by atoms with Crippen LogP contribution in [-0.2, 0) is 19.1 Å². The van der Waals surface area contributed by atoms with Gasteiger partial charge in [0.2, 0.25) is 6.08 Å². The van der Waals surface area contributed by atoms with Crippen LogP contribution in [0, 0.1) is 0 Å². The van der Waals surface area contributed by atoms with Crippen LogP contribution in [-0.4, -0.2) is 49.8 Å². The van der Waals surface area contributed by atoms with Gasteiger partial charge in [0.05, 0.1) is 12.4 Å². The molecule has 0 aliphatic heterocycles. The van der Waals surface area contributed by atoms with Crippen molar-refractivity contribution in [2.45, 2.75) is 58.0 Å². The highest BCUT2D eigenvalue weighted by atomic mass is 35.5. The highest BCUT2D eigenvalue weighted by Gasteiger charge is 2.16. The second kappa shape index (κ2) is 16.6. The number of unbranched alkanes of at least 4 members (excludes halogenated alkanes) is 6. The average Bonchev–Trinajstić information content (AvgIpc) is 2.62. The zero-order valence-corrected chi connectivity index (χ0v) is 16.2. The van der Waals surface area contributed by atoms with Crippen LogP contribution in [0.1, 0.15) is 51.9 Å². The summed E-state index contributed by atoms with van der Waals surface area (Å²) in [7, 11) is 0.